The third kappa shape index (κ3) is 4.62. The van der Waals surface area contributed by atoms with Crippen LogP contribution >= 0.6 is 0 Å². The zero-order valence-electron chi connectivity index (χ0n) is 6.72. The van der Waals surface area contributed by atoms with E-state index in [9.17, 15) is 0 Å². The second-order valence-corrected chi connectivity index (χ2v) is 2.04. The fourth-order valence-corrected chi connectivity index (χ4v) is 0.869. The van der Waals surface area contributed by atoms with Gasteiger partial charge in [0.1, 0.15) is 0 Å². The van der Waals surface area contributed by atoms with Gasteiger partial charge in [-0.3, -0.25) is 0 Å². The minimum atomic E-state index is 0. The molecule has 1 rings (SSSR count). The molecular formula is C8H11LiZr. The van der Waals surface area contributed by atoms with Crippen molar-refractivity contribution in [3.05, 3.63) is 29.8 Å². The minimum Gasteiger partial charge on any atom is -0.213 e. The van der Waals surface area contributed by atoms with Crippen LogP contribution in [-0.2, 0) is 32.6 Å². The monoisotopic (exact) mass is 204 g/mol. The fraction of sp³-hybridized carbons (Fsp3) is 0.375. The predicted octanol–water partition coefficient (Wildman–Crippen LogP) is -0.640. The van der Waals surface area contributed by atoms with Gasteiger partial charge < -0.3 is 0 Å². The molecule has 0 saturated carbocycles. The van der Waals surface area contributed by atoms with Crippen molar-refractivity contribution in [3.8, 4) is 0 Å². The van der Waals surface area contributed by atoms with Gasteiger partial charge in [0.05, 0.1) is 0 Å². The Morgan fingerprint density at radius 3 is 2.10 bits per heavy atom. The van der Waals surface area contributed by atoms with Crippen LogP contribution in [0.5, 0.6) is 0 Å². The summed E-state index contributed by atoms with van der Waals surface area (Å²) in [6.45, 7) is 2.20. The summed E-state index contributed by atoms with van der Waals surface area (Å²) in [7, 11) is 0. The summed E-state index contributed by atoms with van der Waals surface area (Å²) in [6, 6.07) is 8.52. The summed E-state index contributed by atoms with van der Waals surface area (Å²) in [5.41, 5.74) is 1.47. The topological polar surface area (TPSA) is 0 Å². The molecule has 1 aromatic rings. The van der Waals surface area contributed by atoms with Crippen molar-refractivity contribution in [2.24, 2.45) is 0 Å². The molecule has 0 amide bonds. The average Bonchev–Trinajstić information content (AvgIpc) is 2.19. The molecule has 0 radical (unpaired) electrons. The first-order valence-electron chi connectivity index (χ1n) is 3.14. The van der Waals surface area contributed by atoms with Crippen LogP contribution in [0.25, 0.3) is 0 Å². The second-order valence-electron chi connectivity index (χ2n) is 2.04. The number of hydrogen-bond donors (Lipinski definition) is 0. The molecule has 0 aromatic heterocycles. The molecule has 0 spiro atoms. The molecule has 1 aromatic carbocycles. The third-order valence-corrected chi connectivity index (χ3v) is 1.27. The first kappa shape index (κ1) is 13.4. The maximum atomic E-state index is 2.20. The van der Waals surface area contributed by atoms with Gasteiger partial charge in [-0.05, 0) is 0 Å². The molecule has 0 aliphatic heterocycles. The Labute approximate surface area is 94.1 Å². The standard InChI is InChI=1S/C8H11.Li.Zr/c1-2-5-8-6-3-4-7-8;;/h3-4,6-7H,2,5H2,1H3;;/q-1;+1;. The van der Waals surface area contributed by atoms with E-state index in [1.54, 1.807) is 0 Å². The van der Waals surface area contributed by atoms with Gasteiger partial charge in [0.2, 0.25) is 0 Å². The molecule has 0 heterocycles. The van der Waals surface area contributed by atoms with E-state index in [0.717, 1.165) is 0 Å². The smallest absolute Gasteiger partial charge is 0.213 e. The number of aryl methyl sites for hydroxylation is 1. The van der Waals surface area contributed by atoms with Gasteiger partial charge in [-0.1, -0.05) is 19.8 Å². The van der Waals surface area contributed by atoms with Crippen LogP contribution in [0.1, 0.15) is 18.9 Å². The number of rotatable bonds is 2. The Hall–Kier alpha value is 0.831. The first-order chi connectivity index (χ1) is 3.93. The Morgan fingerprint density at radius 1 is 1.20 bits per heavy atom. The van der Waals surface area contributed by atoms with Gasteiger partial charge in [-0.15, -0.1) is 0 Å². The first-order valence-corrected chi connectivity index (χ1v) is 3.14. The molecule has 0 unspecified atom stereocenters. The minimum absolute atomic E-state index is 0. The molecule has 2 heteroatoms. The molecule has 0 aliphatic carbocycles. The van der Waals surface area contributed by atoms with Gasteiger partial charge in [0.25, 0.3) is 0 Å². The molecule has 0 fully saturated rings. The molecule has 0 atom stereocenters. The van der Waals surface area contributed by atoms with Crippen LogP contribution in [-0.4, -0.2) is 0 Å². The Morgan fingerprint density at radius 2 is 1.70 bits per heavy atom. The fourth-order valence-electron chi connectivity index (χ4n) is 0.869. The van der Waals surface area contributed by atoms with E-state index in [1.807, 2.05) is 0 Å². The molecule has 0 bridgehead atoms. The molecule has 0 N–H and O–H groups in total. The SMILES string of the molecule is CCC[c-]1cccc1.[Li+].[Zr]. The van der Waals surface area contributed by atoms with Crippen molar-refractivity contribution in [2.75, 3.05) is 0 Å². The van der Waals surface area contributed by atoms with Crippen LogP contribution in [0.2, 0.25) is 0 Å². The van der Waals surface area contributed by atoms with Crippen molar-refractivity contribution in [1.82, 2.24) is 0 Å². The second kappa shape index (κ2) is 7.93. The van der Waals surface area contributed by atoms with Crippen molar-refractivity contribution < 1.29 is 45.1 Å². The van der Waals surface area contributed by atoms with E-state index < -0.39 is 0 Å². The molecule has 0 aliphatic rings. The third-order valence-electron chi connectivity index (χ3n) is 1.27. The zero-order chi connectivity index (χ0) is 5.82. The van der Waals surface area contributed by atoms with Crippen molar-refractivity contribution >= 4 is 0 Å². The van der Waals surface area contributed by atoms with Crippen LogP contribution in [0.15, 0.2) is 24.3 Å². The maximum absolute atomic E-state index is 2.20. The van der Waals surface area contributed by atoms with E-state index in [0.29, 0.717) is 0 Å². The Kier molecular flexibility index (Phi) is 10.6. The van der Waals surface area contributed by atoms with Crippen molar-refractivity contribution in [1.29, 1.82) is 0 Å². The quantitative estimate of drug-likeness (QED) is 0.445. The van der Waals surface area contributed by atoms with Gasteiger partial charge in [0, 0.05) is 26.2 Å². The van der Waals surface area contributed by atoms with Gasteiger partial charge >= 0.3 is 18.9 Å². The largest absolute Gasteiger partial charge is 1.00 e. The van der Waals surface area contributed by atoms with Crippen LogP contribution in [0.4, 0.5) is 0 Å². The summed E-state index contributed by atoms with van der Waals surface area (Å²) >= 11 is 0. The van der Waals surface area contributed by atoms with Crippen molar-refractivity contribution in [3.63, 3.8) is 0 Å². The average molecular weight is 205 g/mol. The molecule has 0 nitrogen and oxygen atoms in total. The summed E-state index contributed by atoms with van der Waals surface area (Å²) in [4.78, 5) is 0. The Balaban J connectivity index is 0. The van der Waals surface area contributed by atoms with E-state index in [4.69, 9.17) is 0 Å². The van der Waals surface area contributed by atoms with Crippen LogP contribution < -0.4 is 18.9 Å². The zero-order valence-corrected chi connectivity index (χ0v) is 9.18. The van der Waals surface area contributed by atoms with E-state index in [2.05, 4.69) is 31.2 Å². The van der Waals surface area contributed by atoms with Gasteiger partial charge in [0.15, 0.2) is 0 Å². The normalized spacial score (nSPS) is 7.70. The van der Waals surface area contributed by atoms with E-state index >= 15 is 0 Å². The molecular weight excluding hydrogens is 194 g/mol. The predicted molar refractivity (Wildman–Crippen MR) is 36.0 cm³/mol. The van der Waals surface area contributed by atoms with E-state index in [1.165, 1.54) is 18.4 Å². The Bertz CT molecular complexity index is 135. The summed E-state index contributed by atoms with van der Waals surface area (Å²) in [6.07, 6.45) is 2.48. The van der Waals surface area contributed by atoms with Crippen molar-refractivity contribution in [2.45, 2.75) is 19.8 Å². The van der Waals surface area contributed by atoms with Crippen LogP contribution in [0.3, 0.4) is 0 Å². The van der Waals surface area contributed by atoms with Crippen LogP contribution in [0, 0.1) is 0 Å². The summed E-state index contributed by atoms with van der Waals surface area (Å²) < 4.78 is 0. The van der Waals surface area contributed by atoms with Gasteiger partial charge in [-0.25, -0.2) is 12.1 Å². The van der Waals surface area contributed by atoms with Gasteiger partial charge in [-0.2, -0.15) is 17.7 Å². The summed E-state index contributed by atoms with van der Waals surface area (Å²) in [5.74, 6) is 0. The molecule has 10 heavy (non-hydrogen) atoms. The molecule has 48 valence electrons. The maximum Gasteiger partial charge on any atom is 1.00 e. The number of hydrogen-bond acceptors (Lipinski definition) is 0. The summed E-state index contributed by atoms with van der Waals surface area (Å²) in [5, 5.41) is 0. The molecule has 0 saturated heterocycles. The van der Waals surface area contributed by atoms with E-state index in [-0.39, 0.29) is 45.1 Å².